The van der Waals surface area contributed by atoms with Crippen molar-refractivity contribution in [2.45, 2.75) is 6.92 Å². The normalized spacial score (nSPS) is 10.8. The Kier molecular flexibility index (Phi) is 2.59. The quantitative estimate of drug-likeness (QED) is 0.783. The van der Waals surface area contributed by atoms with Crippen LogP contribution in [0.1, 0.15) is 4.88 Å². The maximum absolute atomic E-state index is 13.4. The smallest absolute Gasteiger partial charge is 0.195 e. The van der Waals surface area contributed by atoms with E-state index in [9.17, 15) is 13.2 Å². The summed E-state index contributed by atoms with van der Waals surface area (Å²) in [7, 11) is 0. The van der Waals surface area contributed by atoms with E-state index in [0.29, 0.717) is 4.88 Å². The molecule has 0 aliphatic rings. The average Bonchev–Trinajstić information content (AvgIpc) is 2.56. The molecule has 0 aliphatic heterocycles. The van der Waals surface area contributed by atoms with Gasteiger partial charge in [-0.05, 0) is 19.1 Å². The zero-order chi connectivity index (χ0) is 11.9. The highest BCUT2D eigenvalue weighted by Crippen LogP contribution is 2.31. The van der Waals surface area contributed by atoms with Crippen LogP contribution in [0.25, 0.3) is 10.6 Å². The fraction of sp³-hybridized carbons (Fsp3) is 0.100. The highest BCUT2D eigenvalue weighted by Gasteiger charge is 2.17. The van der Waals surface area contributed by atoms with Gasteiger partial charge < -0.3 is 5.73 Å². The molecular formula is C10H7F3N2S. The molecular weight excluding hydrogens is 237 g/mol. The van der Waals surface area contributed by atoms with E-state index >= 15 is 0 Å². The van der Waals surface area contributed by atoms with Crippen LogP contribution in [-0.4, -0.2) is 4.98 Å². The summed E-state index contributed by atoms with van der Waals surface area (Å²) in [4.78, 5) is 4.59. The number of nitrogens with two attached hydrogens (primary N) is 1. The largest absolute Gasteiger partial charge is 0.383 e. The highest BCUT2D eigenvalue weighted by molar-refractivity contribution is 7.15. The minimum absolute atomic E-state index is 0.0799. The molecule has 0 bridgehead atoms. The van der Waals surface area contributed by atoms with Crippen molar-refractivity contribution in [1.82, 2.24) is 4.98 Å². The Morgan fingerprint density at radius 3 is 2.44 bits per heavy atom. The third-order valence-corrected chi connectivity index (χ3v) is 3.12. The van der Waals surface area contributed by atoms with Gasteiger partial charge >= 0.3 is 0 Å². The van der Waals surface area contributed by atoms with Gasteiger partial charge in [-0.1, -0.05) is 0 Å². The van der Waals surface area contributed by atoms with Gasteiger partial charge in [0.25, 0.3) is 0 Å². The topological polar surface area (TPSA) is 38.9 Å². The van der Waals surface area contributed by atoms with Crippen LogP contribution in [0, 0.1) is 24.4 Å². The molecule has 0 amide bonds. The Morgan fingerprint density at radius 1 is 1.19 bits per heavy atom. The van der Waals surface area contributed by atoms with Gasteiger partial charge in [0.05, 0.1) is 0 Å². The monoisotopic (exact) mass is 244 g/mol. The lowest BCUT2D eigenvalue weighted by Crippen LogP contribution is -1.94. The van der Waals surface area contributed by atoms with Gasteiger partial charge in [-0.15, -0.1) is 11.3 Å². The molecule has 2 nitrogen and oxygen atoms in total. The second kappa shape index (κ2) is 3.79. The Morgan fingerprint density at radius 2 is 1.88 bits per heavy atom. The van der Waals surface area contributed by atoms with E-state index in [0.717, 1.165) is 23.5 Å². The van der Waals surface area contributed by atoms with Gasteiger partial charge in [0.2, 0.25) is 0 Å². The van der Waals surface area contributed by atoms with Gasteiger partial charge in [-0.2, -0.15) is 0 Å². The predicted molar refractivity (Wildman–Crippen MR) is 56.6 cm³/mol. The summed E-state index contributed by atoms with van der Waals surface area (Å²) in [6, 6.07) is 2.01. The van der Waals surface area contributed by atoms with Crippen LogP contribution >= 0.6 is 11.3 Å². The fourth-order valence-electron chi connectivity index (χ4n) is 1.21. The van der Waals surface area contributed by atoms with Crippen LogP contribution < -0.4 is 5.73 Å². The van der Waals surface area contributed by atoms with Crippen LogP contribution in [0.5, 0.6) is 0 Å². The lowest BCUT2D eigenvalue weighted by atomic mass is 10.2. The summed E-state index contributed by atoms with van der Waals surface area (Å²) in [6.45, 7) is 1.72. The molecule has 0 fully saturated rings. The lowest BCUT2D eigenvalue weighted by molar-refractivity contribution is 0.449. The van der Waals surface area contributed by atoms with Crippen molar-refractivity contribution in [3.8, 4) is 10.6 Å². The molecule has 0 aliphatic carbocycles. The van der Waals surface area contributed by atoms with Crippen molar-refractivity contribution in [1.29, 1.82) is 0 Å². The van der Waals surface area contributed by atoms with E-state index in [4.69, 9.17) is 5.73 Å². The molecule has 0 atom stereocenters. The van der Waals surface area contributed by atoms with E-state index in [-0.39, 0.29) is 16.4 Å². The molecule has 2 rings (SSSR count). The number of nitrogen functional groups attached to an aromatic ring is 1. The number of hydrogen-bond acceptors (Lipinski definition) is 3. The van der Waals surface area contributed by atoms with Gasteiger partial charge in [-0.25, -0.2) is 18.2 Å². The number of rotatable bonds is 1. The first-order chi connectivity index (χ1) is 7.50. The molecule has 16 heavy (non-hydrogen) atoms. The number of aromatic nitrogens is 1. The first-order valence-corrected chi connectivity index (χ1v) is 5.19. The van der Waals surface area contributed by atoms with Crippen LogP contribution in [0.2, 0.25) is 0 Å². The first kappa shape index (κ1) is 10.9. The average molecular weight is 244 g/mol. The summed E-state index contributed by atoms with van der Waals surface area (Å²) in [5.74, 6) is -3.69. The second-order valence-electron chi connectivity index (χ2n) is 3.18. The fourth-order valence-corrected chi connectivity index (χ4v) is 2.07. The maximum atomic E-state index is 13.4. The molecule has 6 heteroatoms. The van der Waals surface area contributed by atoms with E-state index in [2.05, 4.69) is 4.98 Å². The molecule has 2 aromatic rings. The number of nitrogens with zero attached hydrogens (tertiary/aromatic N) is 1. The Hall–Kier alpha value is -1.56. The van der Waals surface area contributed by atoms with Crippen molar-refractivity contribution in [2.75, 3.05) is 5.73 Å². The zero-order valence-corrected chi connectivity index (χ0v) is 9.04. The molecule has 2 N–H and O–H groups in total. The summed E-state index contributed by atoms with van der Waals surface area (Å²) in [5.41, 5.74) is 5.43. The van der Waals surface area contributed by atoms with E-state index in [1.54, 1.807) is 6.92 Å². The number of benzene rings is 1. The molecule has 1 aromatic carbocycles. The minimum atomic E-state index is -1.50. The van der Waals surface area contributed by atoms with Crippen molar-refractivity contribution >= 4 is 17.2 Å². The number of hydrogen-bond donors (Lipinski definition) is 1. The molecule has 0 saturated heterocycles. The molecule has 0 radical (unpaired) electrons. The van der Waals surface area contributed by atoms with Crippen LogP contribution in [-0.2, 0) is 0 Å². The van der Waals surface area contributed by atoms with Crippen LogP contribution in [0.3, 0.4) is 0 Å². The highest BCUT2D eigenvalue weighted by atomic mass is 32.1. The zero-order valence-electron chi connectivity index (χ0n) is 8.22. The maximum Gasteiger partial charge on any atom is 0.195 e. The minimum Gasteiger partial charge on any atom is -0.383 e. The van der Waals surface area contributed by atoms with Crippen LogP contribution in [0.4, 0.5) is 19.0 Å². The third kappa shape index (κ3) is 1.65. The van der Waals surface area contributed by atoms with Gasteiger partial charge in [-0.3, -0.25) is 0 Å². The Labute approximate surface area is 93.5 Å². The summed E-state index contributed by atoms with van der Waals surface area (Å²) < 4.78 is 39.1. The molecule has 1 heterocycles. The molecule has 0 saturated carbocycles. The van der Waals surface area contributed by atoms with E-state index < -0.39 is 17.5 Å². The van der Waals surface area contributed by atoms with Crippen molar-refractivity contribution in [3.05, 3.63) is 34.5 Å². The van der Waals surface area contributed by atoms with Crippen molar-refractivity contribution in [2.24, 2.45) is 0 Å². The van der Waals surface area contributed by atoms with Crippen LogP contribution in [0.15, 0.2) is 12.1 Å². The molecule has 84 valence electrons. The lowest BCUT2D eigenvalue weighted by Gasteiger charge is -2.00. The Balaban J connectivity index is 2.61. The summed E-state index contributed by atoms with van der Waals surface area (Å²) in [6.07, 6.45) is 0. The molecule has 1 aromatic heterocycles. The standard InChI is InChI=1S/C10H7F3N2S/c1-4-9(14)15-10(16-4)5-2-3-6(11)8(13)7(5)12/h2-3H,14H2,1H3. The third-order valence-electron chi connectivity index (χ3n) is 2.10. The summed E-state index contributed by atoms with van der Waals surface area (Å²) >= 11 is 1.13. The number of thiazole rings is 1. The Bertz CT molecular complexity index is 532. The SMILES string of the molecule is Cc1sc(-c2ccc(F)c(F)c2F)nc1N. The van der Waals surface area contributed by atoms with Gasteiger partial charge in [0.1, 0.15) is 10.8 Å². The van der Waals surface area contributed by atoms with Crippen molar-refractivity contribution < 1.29 is 13.2 Å². The van der Waals surface area contributed by atoms with E-state index in [1.165, 1.54) is 0 Å². The van der Waals surface area contributed by atoms with Crippen molar-refractivity contribution in [3.63, 3.8) is 0 Å². The first-order valence-electron chi connectivity index (χ1n) is 4.37. The predicted octanol–water partition coefficient (Wildman–Crippen LogP) is 3.12. The second-order valence-corrected chi connectivity index (χ2v) is 4.39. The van der Waals surface area contributed by atoms with E-state index in [1.807, 2.05) is 0 Å². The summed E-state index contributed by atoms with van der Waals surface area (Å²) in [5, 5.41) is 0.242. The molecule has 0 spiro atoms. The van der Waals surface area contributed by atoms with Gasteiger partial charge in [0.15, 0.2) is 17.5 Å². The van der Waals surface area contributed by atoms with Gasteiger partial charge in [0, 0.05) is 10.4 Å². The number of anilines is 1. The number of halogens is 3. The molecule has 0 unspecified atom stereocenters. The number of aryl methyl sites for hydroxylation is 1.